The topological polar surface area (TPSA) is 63.2 Å². The molecule has 1 saturated heterocycles. The van der Waals surface area contributed by atoms with Crippen molar-refractivity contribution in [1.82, 2.24) is 20.3 Å². The highest BCUT2D eigenvalue weighted by Crippen LogP contribution is 2.30. The second-order valence-electron chi connectivity index (χ2n) is 5.92. The summed E-state index contributed by atoms with van der Waals surface area (Å²) in [6.45, 7) is 2.12. The summed E-state index contributed by atoms with van der Waals surface area (Å²) in [6.07, 6.45) is 8.50. The minimum absolute atomic E-state index is 0.462. The molecular weight excluding hydrogens is 326 g/mol. The summed E-state index contributed by atoms with van der Waals surface area (Å²) < 4.78 is 5.33. The molecule has 128 valence electrons. The predicted molar refractivity (Wildman–Crippen MR) is 95.7 cm³/mol. The van der Waals surface area contributed by atoms with Crippen molar-refractivity contribution < 1.29 is 4.74 Å². The molecule has 1 N–H and O–H groups in total. The Hall–Kier alpha value is -1.92. The number of ether oxygens (including phenoxy) is 1. The number of anilines is 1. The Balaban J connectivity index is 1.90. The van der Waals surface area contributed by atoms with Gasteiger partial charge < -0.3 is 15.0 Å². The average Bonchev–Trinajstić information content (AvgIpc) is 2.90. The fourth-order valence-electron chi connectivity index (χ4n) is 3.00. The number of pyridine rings is 1. The summed E-state index contributed by atoms with van der Waals surface area (Å²) in [7, 11) is 3.67. The lowest BCUT2D eigenvalue weighted by Crippen LogP contribution is -2.33. The minimum atomic E-state index is 0.462. The fourth-order valence-corrected chi connectivity index (χ4v) is 3.16. The van der Waals surface area contributed by atoms with Crippen LogP contribution in [0.4, 0.5) is 5.82 Å². The molecule has 1 aliphatic rings. The van der Waals surface area contributed by atoms with Crippen LogP contribution in [0.1, 0.15) is 19.3 Å². The highest BCUT2D eigenvalue weighted by atomic mass is 35.5. The van der Waals surface area contributed by atoms with Crippen LogP contribution in [0.2, 0.25) is 5.02 Å². The van der Waals surface area contributed by atoms with Crippen LogP contribution in [0.5, 0.6) is 5.88 Å². The normalized spacial score (nSPS) is 18.0. The molecule has 1 aliphatic heterocycles. The third-order valence-electron chi connectivity index (χ3n) is 4.36. The van der Waals surface area contributed by atoms with Crippen molar-refractivity contribution in [1.29, 1.82) is 0 Å². The predicted octanol–water partition coefficient (Wildman–Crippen LogP) is 2.78. The Morgan fingerprint density at radius 2 is 2.12 bits per heavy atom. The van der Waals surface area contributed by atoms with Crippen LogP contribution in [0.15, 0.2) is 24.7 Å². The molecule has 1 atom stereocenters. The van der Waals surface area contributed by atoms with E-state index in [1.807, 2.05) is 0 Å². The van der Waals surface area contributed by atoms with Crippen LogP contribution < -0.4 is 15.0 Å². The maximum absolute atomic E-state index is 6.08. The van der Waals surface area contributed by atoms with Gasteiger partial charge in [-0.3, -0.25) is 4.98 Å². The Kier molecular flexibility index (Phi) is 5.48. The second kappa shape index (κ2) is 7.77. The van der Waals surface area contributed by atoms with Gasteiger partial charge in [-0.2, -0.15) is 0 Å². The number of hydrogen-bond donors (Lipinski definition) is 1. The number of halogens is 1. The molecule has 0 bridgehead atoms. The summed E-state index contributed by atoms with van der Waals surface area (Å²) in [5.74, 6) is 1.34. The molecule has 6 nitrogen and oxygen atoms in total. The van der Waals surface area contributed by atoms with Gasteiger partial charge in [-0.05, 0) is 38.4 Å². The van der Waals surface area contributed by atoms with Crippen molar-refractivity contribution >= 4 is 17.4 Å². The van der Waals surface area contributed by atoms with E-state index >= 15 is 0 Å². The number of nitrogens with one attached hydrogen (secondary N) is 1. The number of rotatable bonds is 4. The monoisotopic (exact) mass is 347 g/mol. The molecule has 1 fully saturated rings. The SMILES string of the molecule is COc1ncc(Cl)cc1-c1cncc(N(C)C2CCCNCC2)n1. The van der Waals surface area contributed by atoms with Crippen LogP contribution >= 0.6 is 11.6 Å². The molecule has 0 aromatic carbocycles. The molecule has 0 amide bonds. The first-order valence-electron chi connectivity index (χ1n) is 8.14. The maximum atomic E-state index is 6.08. The largest absolute Gasteiger partial charge is 0.481 e. The molecule has 2 aromatic heterocycles. The Morgan fingerprint density at radius 3 is 2.96 bits per heavy atom. The van der Waals surface area contributed by atoms with Gasteiger partial charge in [-0.15, -0.1) is 0 Å². The van der Waals surface area contributed by atoms with Gasteiger partial charge in [0.2, 0.25) is 5.88 Å². The van der Waals surface area contributed by atoms with Crippen LogP contribution in [-0.4, -0.2) is 48.2 Å². The Bertz CT molecular complexity index is 688. The van der Waals surface area contributed by atoms with Crippen molar-refractivity contribution in [3.8, 4) is 17.1 Å². The zero-order valence-electron chi connectivity index (χ0n) is 14.0. The van der Waals surface area contributed by atoms with Gasteiger partial charge in [-0.25, -0.2) is 9.97 Å². The summed E-state index contributed by atoms with van der Waals surface area (Å²) in [5.41, 5.74) is 1.45. The minimum Gasteiger partial charge on any atom is -0.481 e. The number of hydrogen-bond acceptors (Lipinski definition) is 6. The average molecular weight is 348 g/mol. The fraction of sp³-hybridized carbons (Fsp3) is 0.471. The van der Waals surface area contributed by atoms with E-state index in [2.05, 4.69) is 27.2 Å². The van der Waals surface area contributed by atoms with Gasteiger partial charge >= 0.3 is 0 Å². The maximum Gasteiger partial charge on any atom is 0.222 e. The van der Waals surface area contributed by atoms with Gasteiger partial charge in [0.1, 0.15) is 5.82 Å². The van der Waals surface area contributed by atoms with Gasteiger partial charge in [0, 0.05) is 19.3 Å². The first-order chi connectivity index (χ1) is 11.7. The van der Waals surface area contributed by atoms with E-state index in [0.29, 0.717) is 22.6 Å². The van der Waals surface area contributed by atoms with Crippen LogP contribution in [0.25, 0.3) is 11.3 Å². The van der Waals surface area contributed by atoms with E-state index < -0.39 is 0 Å². The van der Waals surface area contributed by atoms with Gasteiger partial charge in [-0.1, -0.05) is 11.6 Å². The first-order valence-corrected chi connectivity index (χ1v) is 8.52. The van der Waals surface area contributed by atoms with Crippen molar-refractivity contribution in [2.45, 2.75) is 25.3 Å². The molecule has 7 heteroatoms. The van der Waals surface area contributed by atoms with E-state index in [0.717, 1.165) is 37.3 Å². The zero-order valence-corrected chi connectivity index (χ0v) is 14.8. The van der Waals surface area contributed by atoms with E-state index in [4.69, 9.17) is 21.3 Å². The lowest BCUT2D eigenvalue weighted by atomic mass is 10.1. The number of nitrogens with zero attached hydrogens (tertiary/aromatic N) is 4. The highest BCUT2D eigenvalue weighted by Gasteiger charge is 2.19. The Morgan fingerprint density at radius 1 is 1.25 bits per heavy atom. The highest BCUT2D eigenvalue weighted by molar-refractivity contribution is 6.30. The van der Waals surface area contributed by atoms with Crippen LogP contribution in [0, 0.1) is 0 Å². The molecule has 2 aromatic rings. The third-order valence-corrected chi connectivity index (χ3v) is 4.57. The van der Waals surface area contributed by atoms with E-state index in [1.165, 1.54) is 6.42 Å². The smallest absolute Gasteiger partial charge is 0.222 e. The van der Waals surface area contributed by atoms with Crippen LogP contribution in [0.3, 0.4) is 0 Å². The van der Waals surface area contributed by atoms with Crippen LogP contribution in [-0.2, 0) is 0 Å². The molecule has 0 radical (unpaired) electrons. The van der Waals surface area contributed by atoms with E-state index in [9.17, 15) is 0 Å². The van der Waals surface area contributed by atoms with Crippen molar-refractivity contribution in [2.24, 2.45) is 0 Å². The lowest BCUT2D eigenvalue weighted by Gasteiger charge is -2.28. The van der Waals surface area contributed by atoms with Crippen molar-refractivity contribution in [3.05, 3.63) is 29.7 Å². The zero-order chi connectivity index (χ0) is 16.9. The molecule has 0 saturated carbocycles. The molecule has 3 heterocycles. The third kappa shape index (κ3) is 3.76. The quantitative estimate of drug-likeness (QED) is 0.917. The number of aromatic nitrogens is 3. The summed E-state index contributed by atoms with van der Waals surface area (Å²) in [6, 6.07) is 2.26. The second-order valence-corrected chi connectivity index (χ2v) is 6.35. The van der Waals surface area contributed by atoms with Crippen molar-refractivity contribution in [2.75, 3.05) is 32.1 Å². The standard InChI is InChI=1S/C17H22ClN5O/c1-23(13-4-3-6-19-7-5-13)16-11-20-10-15(22-16)14-8-12(18)9-21-17(14)24-2/h8-11,13,19H,3-7H2,1-2H3. The molecule has 24 heavy (non-hydrogen) atoms. The van der Waals surface area contributed by atoms with Gasteiger partial charge in [0.25, 0.3) is 0 Å². The summed E-state index contributed by atoms with van der Waals surface area (Å²) in [4.78, 5) is 15.5. The molecule has 0 aliphatic carbocycles. The molecular formula is C17H22ClN5O. The number of methoxy groups -OCH3 is 1. The summed E-state index contributed by atoms with van der Waals surface area (Å²) in [5, 5.41) is 3.98. The first kappa shape index (κ1) is 16.9. The Labute approximate surface area is 147 Å². The van der Waals surface area contributed by atoms with Crippen molar-refractivity contribution in [3.63, 3.8) is 0 Å². The molecule has 3 rings (SSSR count). The molecule has 1 unspecified atom stereocenters. The lowest BCUT2D eigenvalue weighted by molar-refractivity contribution is 0.399. The molecule has 0 spiro atoms. The van der Waals surface area contributed by atoms with E-state index in [-0.39, 0.29) is 0 Å². The van der Waals surface area contributed by atoms with Gasteiger partial charge in [0.15, 0.2) is 0 Å². The van der Waals surface area contributed by atoms with Gasteiger partial charge in [0.05, 0.1) is 35.8 Å². The van der Waals surface area contributed by atoms with E-state index in [1.54, 1.807) is 31.8 Å². The summed E-state index contributed by atoms with van der Waals surface area (Å²) >= 11 is 6.08.